The third-order valence-corrected chi connectivity index (χ3v) is 2.45. The van der Waals surface area contributed by atoms with Crippen molar-refractivity contribution >= 4 is 5.91 Å². The van der Waals surface area contributed by atoms with Crippen molar-refractivity contribution in [2.45, 2.75) is 37.7 Å². The maximum absolute atomic E-state index is 12.7. The van der Waals surface area contributed by atoms with Gasteiger partial charge in [0.05, 0.1) is 0 Å². The van der Waals surface area contributed by atoms with E-state index < -0.39 is 24.3 Å². The highest BCUT2D eigenvalue weighted by atomic mass is 19.4. The van der Waals surface area contributed by atoms with Crippen LogP contribution in [0.4, 0.5) is 17.6 Å². The summed E-state index contributed by atoms with van der Waals surface area (Å²) in [5, 5.41) is 0. The van der Waals surface area contributed by atoms with Crippen molar-refractivity contribution in [1.82, 2.24) is 4.90 Å². The van der Waals surface area contributed by atoms with Gasteiger partial charge in [-0.2, -0.15) is 13.2 Å². The average molecular weight is 213 g/mol. The Labute approximate surface area is 78.9 Å². The monoisotopic (exact) mass is 213 g/mol. The van der Waals surface area contributed by atoms with E-state index in [1.165, 1.54) is 0 Å². The topological polar surface area (TPSA) is 20.3 Å². The van der Waals surface area contributed by atoms with Crippen molar-refractivity contribution in [1.29, 1.82) is 0 Å². The Bertz CT molecular complexity index is 228. The molecule has 1 aliphatic carbocycles. The second-order valence-corrected chi connectivity index (χ2v) is 3.48. The van der Waals surface area contributed by atoms with Gasteiger partial charge in [-0.1, -0.05) is 0 Å². The van der Waals surface area contributed by atoms with Crippen LogP contribution in [0.25, 0.3) is 0 Å². The molecule has 6 heteroatoms. The molecule has 1 aliphatic rings. The smallest absolute Gasteiger partial charge is 0.335 e. The molecule has 2 nitrogen and oxygen atoms in total. The van der Waals surface area contributed by atoms with E-state index in [-0.39, 0.29) is 12.8 Å². The first-order valence-electron chi connectivity index (χ1n) is 4.30. The minimum atomic E-state index is -4.86. The van der Waals surface area contributed by atoms with Gasteiger partial charge in [0.15, 0.2) is 0 Å². The van der Waals surface area contributed by atoms with Crippen molar-refractivity contribution in [3.05, 3.63) is 0 Å². The molecule has 1 rings (SSSR count). The van der Waals surface area contributed by atoms with Crippen LogP contribution >= 0.6 is 0 Å². The zero-order valence-corrected chi connectivity index (χ0v) is 7.64. The van der Waals surface area contributed by atoms with Gasteiger partial charge < -0.3 is 4.90 Å². The summed E-state index contributed by atoms with van der Waals surface area (Å²) in [5.74, 6) is -1.89. The second-order valence-electron chi connectivity index (χ2n) is 3.48. The molecule has 82 valence electrons. The van der Waals surface area contributed by atoms with Crippen LogP contribution in [-0.2, 0) is 4.79 Å². The molecule has 0 aromatic rings. The van der Waals surface area contributed by atoms with Crippen LogP contribution in [0.1, 0.15) is 19.3 Å². The first-order chi connectivity index (χ1) is 6.32. The number of alkyl halides is 4. The summed E-state index contributed by atoms with van der Waals surface area (Å²) in [6.07, 6.45) is -5.38. The van der Waals surface area contributed by atoms with Gasteiger partial charge in [0.2, 0.25) is 0 Å². The molecule has 0 N–H and O–H groups in total. The fraction of sp³-hybridized carbons (Fsp3) is 0.875. The van der Waals surface area contributed by atoms with Gasteiger partial charge in [0.25, 0.3) is 0 Å². The summed E-state index contributed by atoms with van der Waals surface area (Å²) < 4.78 is 48.6. The third-order valence-electron chi connectivity index (χ3n) is 2.45. The Morgan fingerprint density at radius 1 is 1.36 bits per heavy atom. The van der Waals surface area contributed by atoms with E-state index in [1.54, 1.807) is 0 Å². The summed E-state index contributed by atoms with van der Waals surface area (Å²) in [4.78, 5) is 11.3. The van der Waals surface area contributed by atoms with Gasteiger partial charge in [0.1, 0.15) is 6.17 Å². The molecule has 0 radical (unpaired) electrons. The van der Waals surface area contributed by atoms with Crippen LogP contribution in [0.15, 0.2) is 0 Å². The molecule has 2 unspecified atom stereocenters. The van der Waals surface area contributed by atoms with E-state index in [0.717, 1.165) is 7.05 Å². The lowest BCUT2D eigenvalue weighted by atomic mass is 10.2. The molecule has 1 amide bonds. The molecular weight excluding hydrogens is 202 g/mol. The summed E-state index contributed by atoms with van der Waals surface area (Å²) in [6.45, 7) is 0. The van der Waals surface area contributed by atoms with Crippen LogP contribution in [0.5, 0.6) is 0 Å². The van der Waals surface area contributed by atoms with Crippen molar-refractivity contribution in [3.8, 4) is 0 Å². The van der Waals surface area contributed by atoms with Crippen molar-refractivity contribution in [2.75, 3.05) is 7.05 Å². The normalized spacial score (nSPS) is 27.8. The molecule has 0 aromatic carbocycles. The van der Waals surface area contributed by atoms with E-state index in [9.17, 15) is 22.4 Å². The van der Waals surface area contributed by atoms with Crippen molar-refractivity contribution in [2.24, 2.45) is 0 Å². The Hall–Kier alpha value is -0.810. The number of hydrogen-bond donors (Lipinski definition) is 0. The second kappa shape index (κ2) is 3.74. The lowest BCUT2D eigenvalue weighted by Crippen LogP contribution is -2.43. The molecule has 0 aromatic heterocycles. The summed E-state index contributed by atoms with van der Waals surface area (Å²) in [6, 6.07) is -0.612. The van der Waals surface area contributed by atoms with Crippen molar-refractivity contribution in [3.63, 3.8) is 0 Å². The summed E-state index contributed by atoms with van der Waals surface area (Å²) >= 11 is 0. The van der Waals surface area contributed by atoms with Crippen molar-refractivity contribution < 1.29 is 22.4 Å². The minimum absolute atomic E-state index is 0.0122. The first kappa shape index (κ1) is 11.3. The Kier molecular flexibility index (Phi) is 3.01. The van der Waals surface area contributed by atoms with E-state index in [4.69, 9.17) is 0 Å². The zero-order valence-electron chi connectivity index (χ0n) is 7.64. The molecule has 0 bridgehead atoms. The van der Waals surface area contributed by atoms with Crippen LogP contribution < -0.4 is 0 Å². The van der Waals surface area contributed by atoms with E-state index >= 15 is 0 Å². The van der Waals surface area contributed by atoms with Gasteiger partial charge in [-0.15, -0.1) is 0 Å². The fourth-order valence-electron chi connectivity index (χ4n) is 1.62. The third kappa shape index (κ3) is 2.36. The van der Waals surface area contributed by atoms with Crippen LogP contribution in [-0.4, -0.2) is 36.2 Å². The fourth-order valence-corrected chi connectivity index (χ4v) is 1.62. The van der Waals surface area contributed by atoms with Gasteiger partial charge in [0, 0.05) is 13.1 Å². The molecule has 0 heterocycles. The predicted octanol–water partition coefficient (Wildman–Crippen LogP) is 1.90. The Morgan fingerprint density at radius 3 is 2.29 bits per heavy atom. The van der Waals surface area contributed by atoms with E-state index in [0.29, 0.717) is 11.3 Å². The average Bonchev–Trinajstić information content (AvgIpc) is 2.47. The van der Waals surface area contributed by atoms with Crippen LogP contribution in [0.2, 0.25) is 0 Å². The van der Waals surface area contributed by atoms with Gasteiger partial charge in [-0.05, 0) is 19.3 Å². The van der Waals surface area contributed by atoms with Crippen LogP contribution in [0.3, 0.4) is 0 Å². The quantitative estimate of drug-likeness (QED) is 0.609. The molecule has 2 atom stereocenters. The number of halogens is 4. The predicted molar refractivity (Wildman–Crippen MR) is 41.4 cm³/mol. The molecule has 14 heavy (non-hydrogen) atoms. The number of carbonyl (C=O) groups excluding carboxylic acids is 1. The number of rotatable bonds is 1. The highest BCUT2D eigenvalue weighted by molar-refractivity contribution is 5.81. The molecule has 1 fully saturated rings. The molecular formula is C8H11F4NO. The van der Waals surface area contributed by atoms with Gasteiger partial charge in [-0.3, -0.25) is 4.79 Å². The lowest BCUT2D eigenvalue weighted by molar-refractivity contribution is -0.186. The number of amides is 1. The Morgan fingerprint density at radius 2 is 1.93 bits per heavy atom. The lowest BCUT2D eigenvalue weighted by Gasteiger charge is -2.24. The standard InChI is InChI=1S/C8H11F4NO/c1-13(7(14)8(10,11)12)6-3-2-5(9)4-6/h5-6H,2-4H2,1H3. The Balaban J connectivity index is 2.57. The van der Waals surface area contributed by atoms with Gasteiger partial charge in [-0.25, -0.2) is 4.39 Å². The first-order valence-corrected chi connectivity index (χ1v) is 4.30. The highest BCUT2D eigenvalue weighted by Crippen LogP contribution is 2.28. The van der Waals surface area contributed by atoms with E-state index in [2.05, 4.69) is 0 Å². The highest BCUT2D eigenvalue weighted by Gasteiger charge is 2.44. The molecule has 0 saturated heterocycles. The maximum atomic E-state index is 12.7. The minimum Gasteiger partial charge on any atom is -0.335 e. The summed E-state index contributed by atoms with van der Waals surface area (Å²) in [7, 11) is 1.07. The zero-order chi connectivity index (χ0) is 10.9. The van der Waals surface area contributed by atoms with E-state index in [1.807, 2.05) is 0 Å². The number of nitrogens with zero attached hydrogens (tertiary/aromatic N) is 1. The molecule has 0 aliphatic heterocycles. The van der Waals surface area contributed by atoms with Gasteiger partial charge >= 0.3 is 12.1 Å². The summed E-state index contributed by atoms with van der Waals surface area (Å²) in [5.41, 5.74) is 0. The van der Waals surface area contributed by atoms with Crippen LogP contribution in [0, 0.1) is 0 Å². The number of carbonyl (C=O) groups is 1. The maximum Gasteiger partial charge on any atom is 0.471 e. The largest absolute Gasteiger partial charge is 0.471 e. The molecule has 1 saturated carbocycles. The SMILES string of the molecule is CN(C(=O)C(F)(F)F)C1CCC(F)C1. The number of hydrogen-bond acceptors (Lipinski definition) is 1. The molecule has 0 spiro atoms.